The zero-order chi connectivity index (χ0) is 17.4. The lowest BCUT2D eigenvalue weighted by atomic mass is 10.0. The fourth-order valence-electron chi connectivity index (χ4n) is 3.02. The van der Waals surface area contributed by atoms with Gasteiger partial charge in [-0.05, 0) is 69.1 Å². The molecule has 0 spiro atoms. The number of fused-ring (bicyclic) bond motifs is 1. The second-order valence-corrected chi connectivity index (χ2v) is 6.26. The zero-order valence-corrected chi connectivity index (χ0v) is 14.9. The van der Waals surface area contributed by atoms with Crippen LogP contribution in [0.4, 0.5) is 5.69 Å². The largest absolute Gasteiger partial charge is 0.352 e. The molecule has 0 saturated carbocycles. The first-order valence-corrected chi connectivity index (χ1v) is 9.07. The summed E-state index contributed by atoms with van der Waals surface area (Å²) in [5.41, 5.74) is 2.57. The highest BCUT2D eigenvalue weighted by Crippen LogP contribution is 2.23. The Balaban J connectivity index is 1.80. The minimum absolute atomic E-state index is 0.0313. The van der Waals surface area contributed by atoms with Gasteiger partial charge in [-0.2, -0.15) is 0 Å². The van der Waals surface area contributed by atoms with Gasteiger partial charge in [-0.1, -0.05) is 13.8 Å². The van der Waals surface area contributed by atoms with Crippen molar-refractivity contribution in [1.82, 2.24) is 10.2 Å². The smallest absolute Gasteiger partial charge is 0.251 e. The monoisotopic (exact) mass is 331 g/mol. The van der Waals surface area contributed by atoms with Crippen LogP contribution in [0, 0.1) is 0 Å². The minimum Gasteiger partial charge on any atom is -0.352 e. The second kappa shape index (κ2) is 9.42. The lowest BCUT2D eigenvalue weighted by Crippen LogP contribution is -2.27. The van der Waals surface area contributed by atoms with Crippen molar-refractivity contribution in [2.45, 2.75) is 46.0 Å². The molecule has 132 valence electrons. The number of anilines is 1. The molecule has 2 amide bonds. The van der Waals surface area contributed by atoms with E-state index in [1.807, 2.05) is 12.1 Å². The summed E-state index contributed by atoms with van der Waals surface area (Å²) in [6, 6.07) is 5.54. The van der Waals surface area contributed by atoms with Crippen molar-refractivity contribution in [3.8, 4) is 0 Å². The molecule has 0 unspecified atom stereocenters. The molecule has 1 aromatic rings. The molecule has 5 nitrogen and oxygen atoms in total. The first-order valence-electron chi connectivity index (χ1n) is 9.07. The van der Waals surface area contributed by atoms with Crippen molar-refractivity contribution in [1.29, 1.82) is 0 Å². The van der Waals surface area contributed by atoms with Gasteiger partial charge in [0.05, 0.1) is 0 Å². The molecule has 1 aliphatic rings. The predicted molar refractivity (Wildman–Crippen MR) is 97.4 cm³/mol. The van der Waals surface area contributed by atoms with Crippen molar-refractivity contribution in [2.24, 2.45) is 0 Å². The minimum atomic E-state index is -0.0313. The standard InChI is InChI=1S/C19H29N3O2/c1-3-22(4-2)13-6-5-12-20-19(24)16-10-11-17-15(14-16)8-7-9-18(23)21-17/h10-11,14H,3-9,12-13H2,1-2H3,(H,20,24)(H,21,23). The van der Waals surface area contributed by atoms with Crippen LogP contribution in [0.5, 0.6) is 0 Å². The number of carbonyl (C=O) groups excluding carboxylic acids is 2. The van der Waals surface area contributed by atoms with Gasteiger partial charge in [-0.25, -0.2) is 0 Å². The number of nitrogens with zero attached hydrogens (tertiary/aromatic N) is 1. The summed E-state index contributed by atoms with van der Waals surface area (Å²) in [5, 5.41) is 5.89. The van der Waals surface area contributed by atoms with Gasteiger partial charge in [-0.3, -0.25) is 9.59 Å². The van der Waals surface area contributed by atoms with E-state index in [1.54, 1.807) is 6.07 Å². The third-order valence-corrected chi connectivity index (χ3v) is 4.57. The number of rotatable bonds is 8. The lowest BCUT2D eigenvalue weighted by Gasteiger charge is -2.17. The van der Waals surface area contributed by atoms with E-state index in [0.717, 1.165) is 56.6 Å². The van der Waals surface area contributed by atoms with Crippen molar-refractivity contribution in [3.05, 3.63) is 29.3 Å². The zero-order valence-electron chi connectivity index (χ0n) is 14.9. The third kappa shape index (κ3) is 5.34. The number of aryl methyl sites for hydroxylation is 1. The van der Waals surface area contributed by atoms with Gasteiger partial charge >= 0.3 is 0 Å². The highest BCUT2D eigenvalue weighted by molar-refractivity contribution is 5.97. The number of unbranched alkanes of at least 4 members (excludes halogenated alkanes) is 1. The number of hydrogen-bond donors (Lipinski definition) is 2. The summed E-state index contributed by atoms with van der Waals surface area (Å²) < 4.78 is 0. The molecule has 0 atom stereocenters. The maximum absolute atomic E-state index is 12.3. The van der Waals surface area contributed by atoms with Crippen molar-refractivity contribution in [2.75, 3.05) is 31.5 Å². The van der Waals surface area contributed by atoms with Gasteiger partial charge in [0.2, 0.25) is 5.91 Å². The Bertz CT molecular complexity index is 568. The predicted octanol–water partition coefficient (Wildman–Crippen LogP) is 2.81. The van der Waals surface area contributed by atoms with Crippen molar-refractivity contribution < 1.29 is 9.59 Å². The summed E-state index contributed by atoms with van der Waals surface area (Å²) in [7, 11) is 0. The van der Waals surface area contributed by atoms with E-state index < -0.39 is 0 Å². The summed E-state index contributed by atoms with van der Waals surface area (Å²) in [5.74, 6) is 0.0235. The summed E-state index contributed by atoms with van der Waals surface area (Å²) in [6.45, 7) is 8.29. The molecule has 1 heterocycles. The Hall–Kier alpha value is -1.88. The molecule has 24 heavy (non-hydrogen) atoms. The molecule has 2 N–H and O–H groups in total. The van der Waals surface area contributed by atoms with Crippen LogP contribution in [0.2, 0.25) is 0 Å². The van der Waals surface area contributed by atoms with Crippen LogP contribution in [-0.2, 0) is 11.2 Å². The van der Waals surface area contributed by atoms with Crippen LogP contribution in [0.3, 0.4) is 0 Å². The van der Waals surface area contributed by atoms with Gasteiger partial charge in [0.15, 0.2) is 0 Å². The number of nitrogens with one attached hydrogen (secondary N) is 2. The normalized spacial score (nSPS) is 14.0. The molecule has 1 aliphatic heterocycles. The summed E-state index contributed by atoms with van der Waals surface area (Å²) in [6.07, 6.45) is 4.29. The van der Waals surface area contributed by atoms with Gasteiger partial charge in [0, 0.05) is 24.2 Å². The first kappa shape index (κ1) is 18.5. The van der Waals surface area contributed by atoms with E-state index in [-0.39, 0.29) is 11.8 Å². The SMILES string of the molecule is CCN(CC)CCCCNC(=O)c1ccc2c(c1)CCCC(=O)N2. The van der Waals surface area contributed by atoms with Crippen LogP contribution in [0.25, 0.3) is 0 Å². The van der Waals surface area contributed by atoms with Crippen molar-refractivity contribution in [3.63, 3.8) is 0 Å². The molecular weight excluding hydrogens is 302 g/mol. The average molecular weight is 331 g/mol. The molecule has 0 radical (unpaired) electrons. The summed E-state index contributed by atoms with van der Waals surface area (Å²) >= 11 is 0. The summed E-state index contributed by atoms with van der Waals surface area (Å²) in [4.78, 5) is 26.2. The average Bonchev–Trinajstić information content (AvgIpc) is 2.77. The molecule has 0 fully saturated rings. The molecule has 1 aromatic carbocycles. The van der Waals surface area contributed by atoms with E-state index in [2.05, 4.69) is 29.4 Å². The molecule has 0 saturated heterocycles. The van der Waals surface area contributed by atoms with Gasteiger partial charge in [0.25, 0.3) is 5.91 Å². The number of carbonyl (C=O) groups is 2. The molecular formula is C19H29N3O2. The Kier molecular flexibility index (Phi) is 7.25. The second-order valence-electron chi connectivity index (χ2n) is 6.26. The Morgan fingerprint density at radius 3 is 2.75 bits per heavy atom. The number of amides is 2. The molecule has 2 rings (SSSR count). The molecule has 5 heteroatoms. The Morgan fingerprint density at radius 2 is 2.00 bits per heavy atom. The molecule has 0 bridgehead atoms. The molecule has 0 aromatic heterocycles. The Labute approximate surface area is 144 Å². The fraction of sp³-hybridized carbons (Fsp3) is 0.579. The van der Waals surface area contributed by atoms with Crippen LogP contribution in [0.15, 0.2) is 18.2 Å². The third-order valence-electron chi connectivity index (χ3n) is 4.57. The highest BCUT2D eigenvalue weighted by Gasteiger charge is 2.15. The van der Waals surface area contributed by atoms with E-state index in [4.69, 9.17) is 0 Å². The quantitative estimate of drug-likeness (QED) is 0.720. The van der Waals surface area contributed by atoms with Gasteiger partial charge < -0.3 is 15.5 Å². The van der Waals surface area contributed by atoms with E-state index in [9.17, 15) is 9.59 Å². The molecule has 0 aliphatic carbocycles. The maximum atomic E-state index is 12.3. The van der Waals surface area contributed by atoms with Crippen molar-refractivity contribution >= 4 is 17.5 Å². The van der Waals surface area contributed by atoms with E-state index >= 15 is 0 Å². The first-order chi connectivity index (χ1) is 11.6. The van der Waals surface area contributed by atoms with E-state index in [1.165, 1.54) is 0 Å². The van der Waals surface area contributed by atoms with Gasteiger partial charge in [-0.15, -0.1) is 0 Å². The Morgan fingerprint density at radius 1 is 1.21 bits per heavy atom. The van der Waals surface area contributed by atoms with Crippen LogP contribution in [0.1, 0.15) is 55.5 Å². The number of hydrogen-bond acceptors (Lipinski definition) is 3. The lowest BCUT2D eigenvalue weighted by molar-refractivity contribution is -0.116. The van der Waals surface area contributed by atoms with Crippen LogP contribution in [-0.4, -0.2) is 42.9 Å². The van der Waals surface area contributed by atoms with E-state index in [0.29, 0.717) is 18.5 Å². The highest BCUT2D eigenvalue weighted by atomic mass is 16.2. The maximum Gasteiger partial charge on any atom is 0.251 e. The topological polar surface area (TPSA) is 61.4 Å². The number of benzene rings is 1. The van der Waals surface area contributed by atoms with Crippen LogP contribution >= 0.6 is 0 Å². The van der Waals surface area contributed by atoms with Crippen LogP contribution < -0.4 is 10.6 Å². The fourth-order valence-corrected chi connectivity index (χ4v) is 3.02. The van der Waals surface area contributed by atoms with Gasteiger partial charge in [0.1, 0.15) is 0 Å².